The zero-order chi connectivity index (χ0) is 18.4. The highest BCUT2D eigenvalue weighted by Gasteiger charge is 2.22. The molecule has 1 aromatic rings. The third-order valence-corrected chi connectivity index (χ3v) is 3.69. The number of nitrogens with two attached hydrogens (primary N) is 1. The van der Waals surface area contributed by atoms with Crippen LogP contribution in [-0.4, -0.2) is 59.9 Å². The summed E-state index contributed by atoms with van der Waals surface area (Å²) < 4.78 is 0. The maximum Gasteiger partial charge on any atom is 0.333 e. The molecule has 0 saturated carbocycles. The lowest BCUT2D eigenvalue weighted by Gasteiger charge is -2.18. The molecule has 0 aliphatic carbocycles. The number of hydrazine groups is 1. The lowest BCUT2D eigenvalue weighted by atomic mass is 10.4. The number of amides is 3. The number of hydrogen-bond acceptors (Lipinski definition) is 6. The summed E-state index contributed by atoms with van der Waals surface area (Å²) in [5.74, 6) is -0.260. The minimum atomic E-state index is -0.704. The Balaban J connectivity index is 2.07. The molecule has 11 heteroatoms. The molecule has 10 nitrogen and oxygen atoms in total. The van der Waals surface area contributed by atoms with Gasteiger partial charge in [0.15, 0.2) is 22.5 Å². The first-order valence-corrected chi connectivity index (χ1v) is 8.24. The summed E-state index contributed by atoms with van der Waals surface area (Å²) in [4.78, 5) is 37.4. The summed E-state index contributed by atoms with van der Waals surface area (Å²) in [5, 5.41) is 3.89. The molecule has 3 amide bonds. The summed E-state index contributed by atoms with van der Waals surface area (Å²) >= 11 is 6.14. The summed E-state index contributed by atoms with van der Waals surface area (Å²) in [6.45, 7) is 3.92. The van der Waals surface area contributed by atoms with Gasteiger partial charge in [-0.2, -0.15) is 4.99 Å². The molecule has 1 saturated heterocycles. The third-order valence-electron chi connectivity index (χ3n) is 3.44. The number of urea groups is 1. The average molecular weight is 369 g/mol. The van der Waals surface area contributed by atoms with Crippen molar-refractivity contribution in [2.75, 3.05) is 37.3 Å². The molecule has 0 bridgehead atoms. The molecule has 0 unspecified atom stereocenters. The Morgan fingerprint density at radius 2 is 2.08 bits per heavy atom. The molecule has 1 aliphatic rings. The van der Waals surface area contributed by atoms with E-state index in [0.717, 1.165) is 32.3 Å². The molecule has 2 rings (SSSR count). The Morgan fingerprint density at radius 1 is 1.40 bits per heavy atom. The van der Waals surface area contributed by atoms with Crippen molar-refractivity contribution in [1.82, 2.24) is 25.7 Å². The number of halogens is 1. The molecule has 0 aromatic carbocycles. The molecule has 1 aliphatic heterocycles. The molecule has 4 N–H and O–H groups in total. The zero-order valence-electron chi connectivity index (χ0n) is 14.1. The second-order valence-corrected chi connectivity index (χ2v) is 5.76. The van der Waals surface area contributed by atoms with E-state index in [1.165, 1.54) is 12.1 Å². The van der Waals surface area contributed by atoms with Gasteiger partial charge in [0, 0.05) is 26.7 Å². The lowest BCUT2D eigenvalue weighted by molar-refractivity contribution is 0.0997. The fourth-order valence-electron chi connectivity index (χ4n) is 2.30. The Kier molecular flexibility index (Phi) is 6.34. The van der Waals surface area contributed by atoms with E-state index in [1.807, 2.05) is 4.90 Å². The van der Waals surface area contributed by atoms with E-state index in [2.05, 4.69) is 25.7 Å². The summed E-state index contributed by atoms with van der Waals surface area (Å²) in [7, 11) is 1.52. The minimum absolute atomic E-state index is 0.0345. The number of nitrogens with one attached hydrogen (secondary N) is 2. The Bertz CT molecular complexity index is 675. The van der Waals surface area contributed by atoms with Gasteiger partial charge in [-0.25, -0.2) is 20.2 Å². The molecule has 1 fully saturated rings. The van der Waals surface area contributed by atoms with E-state index in [9.17, 15) is 9.59 Å². The van der Waals surface area contributed by atoms with Gasteiger partial charge in [-0.05, 0) is 19.8 Å². The molecule has 0 radical (unpaired) electrons. The van der Waals surface area contributed by atoms with Gasteiger partial charge in [0.1, 0.15) is 6.34 Å². The van der Waals surface area contributed by atoms with Gasteiger partial charge >= 0.3 is 11.9 Å². The van der Waals surface area contributed by atoms with Crippen molar-refractivity contribution in [3.8, 4) is 0 Å². The minimum Gasteiger partial charge on any atom is -0.382 e. The van der Waals surface area contributed by atoms with Crippen molar-refractivity contribution >= 4 is 41.5 Å². The number of carbonyl (C=O) groups is 2. The standard InChI is InChI=1S/C14H21ClN8O2/c1-3-17-14(25)21-22(2)8-18-13(24)9-11(16)20-12(10(15)19-9)23-6-4-5-7-23/h8H,3-7H2,1-2H3,(H2,16,20)(H2,17,21,25). The van der Waals surface area contributed by atoms with E-state index in [0.29, 0.717) is 12.4 Å². The van der Waals surface area contributed by atoms with E-state index >= 15 is 0 Å². The molecular weight excluding hydrogens is 348 g/mol. The van der Waals surface area contributed by atoms with E-state index < -0.39 is 11.9 Å². The number of rotatable bonds is 5. The van der Waals surface area contributed by atoms with Crippen LogP contribution in [0.2, 0.25) is 5.15 Å². The fraction of sp³-hybridized carbons (Fsp3) is 0.500. The van der Waals surface area contributed by atoms with E-state index in [1.54, 1.807) is 6.92 Å². The first-order chi connectivity index (χ1) is 11.9. The van der Waals surface area contributed by atoms with Gasteiger partial charge in [-0.15, -0.1) is 0 Å². The molecule has 2 heterocycles. The number of aliphatic imine (C=N–C) groups is 1. The second-order valence-electron chi connectivity index (χ2n) is 5.40. The SMILES string of the molecule is CCNC(=O)NN(C)C=NC(=O)c1nc(Cl)c(N2CCCC2)nc1N. The van der Waals surface area contributed by atoms with Crippen LogP contribution in [0.15, 0.2) is 4.99 Å². The number of aromatic nitrogens is 2. The first kappa shape index (κ1) is 18.7. The number of carbonyl (C=O) groups excluding carboxylic acids is 2. The van der Waals surface area contributed by atoms with Gasteiger partial charge in [-0.1, -0.05) is 11.6 Å². The van der Waals surface area contributed by atoms with Crippen molar-refractivity contribution in [3.63, 3.8) is 0 Å². The van der Waals surface area contributed by atoms with Crippen molar-refractivity contribution < 1.29 is 9.59 Å². The molecule has 0 spiro atoms. The summed E-state index contributed by atoms with van der Waals surface area (Å²) in [6, 6.07) is -0.416. The third kappa shape index (κ3) is 4.92. The molecular formula is C14H21ClN8O2. The second kappa shape index (κ2) is 8.47. The van der Waals surface area contributed by atoms with Crippen molar-refractivity contribution in [1.29, 1.82) is 0 Å². The smallest absolute Gasteiger partial charge is 0.333 e. The Labute approximate surface area is 150 Å². The van der Waals surface area contributed by atoms with Crippen molar-refractivity contribution in [2.45, 2.75) is 19.8 Å². The number of nitrogens with zero attached hydrogens (tertiary/aromatic N) is 5. The molecule has 1 aromatic heterocycles. The predicted molar refractivity (Wildman–Crippen MR) is 95.7 cm³/mol. The highest BCUT2D eigenvalue weighted by atomic mass is 35.5. The van der Waals surface area contributed by atoms with Crippen LogP contribution in [0.1, 0.15) is 30.3 Å². The molecule has 0 atom stereocenters. The van der Waals surface area contributed by atoms with Crippen LogP contribution in [0.3, 0.4) is 0 Å². The van der Waals surface area contributed by atoms with Crippen LogP contribution in [0.4, 0.5) is 16.4 Å². The van der Waals surface area contributed by atoms with Gasteiger partial charge < -0.3 is 16.0 Å². The van der Waals surface area contributed by atoms with Crippen LogP contribution in [0.5, 0.6) is 0 Å². The van der Waals surface area contributed by atoms with E-state index in [4.69, 9.17) is 17.3 Å². The molecule has 136 valence electrons. The Morgan fingerprint density at radius 3 is 2.72 bits per heavy atom. The quantitative estimate of drug-likeness (QED) is 0.395. The normalized spacial score (nSPS) is 14.0. The molecule has 25 heavy (non-hydrogen) atoms. The maximum absolute atomic E-state index is 12.2. The van der Waals surface area contributed by atoms with Gasteiger partial charge in [-0.3, -0.25) is 9.80 Å². The van der Waals surface area contributed by atoms with Crippen molar-refractivity contribution in [3.05, 3.63) is 10.8 Å². The Hall–Kier alpha value is -2.62. The fourth-order valence-corrected chi connectivity index (χ4v) is 2.54. The summed E-state index contributed by atoms with van der Waals surface area (Å²) in [6.07, 6.45) is 3.24. The predicted octanol–water partition coefficient (Wildman–Crippen LogP) is 0.647. The van der Waals surface area contributed by atoms with Crippen LogP contribution in [-0.2, 0) is 0 Å². The largest absolute Gasteiger partial charge is 0.382 e. The van der Waals surface area contributed by atoms with Crippen LogP contribution in [0.25, 0.3) is 0 Å². The number of nitrogen functional groups attached to an aromatic ring is 1. The van der Waals surface area contributed by atoms with E-state index in [-0.39, 0.29) is 16.7 Å². The van der Waals surface area contributed by atoms with Gasteiger partial charge in [0.05, 0.1) is 0 Å². The van der Waals surface area contributed by atoms with Crippen LogP contribution >= 0.6 is 11.6 Å². The number of anilines is 2. The van der Waals surface area contributed by atoms with Crippen molar-refractivity contribution in [2.24, 2.45) is 4.99 Å². The number of hydrogen-bond donors (Lipinski definition) is 3. The highest BCUT2D eigenvalue weighted by Crippen LogP contribution is 2.27. The van der Waals surface area contributed by atoms with Crippen LogP contribution < -0.4 is 21.4 Å². The van der Waals surface area contributed by atoms with Gasteiger partial charge in [0.2, 0.25) is 0 Å². The van der Waals surface area contributed by atoms with Gasteiger partial charge in [0.25, 0.3) is 0 Å². The monoisotopic (exact) mass is 368 g/mol. The lowest BCUT2D eigenvalue weighted by Crippen LogP contribution is -2.44. The zero-order valence-corrected chi connectivity index (χ0v) is 14.9. The first-order valence-electron chi connectivity index (χ1n) is 7.86. The summed E-state index contributed by atoms with van der Waals surface area (Å²) in [5.41, 5.74) is 8.15. The van der Waals surface area contributed by atoms with Crippen LogP contribution in [0, 0.1) is 0 Å². The average Bonchev–Trinajstić information content (AvgIpc) is 3.08. The topological polar surface area (TPSA) is 129 Å². The highest BCUT2D eigenvalue weighted by molar-refractivity contribution is 6.32. The maximum atomic E-state index is 12.2.